The van der Waals surface area contributed by atoms with E-state index in [2.05, 4.69) is 29.5 Å². The molecule has 2 fully saturated rings. The van der Waals surface area contributed by atoms with Crippen molar-refractivity contribution in [1.82, 2.24) is 10.6 Å². The molecule has 0 spiro atoms. The summed E-state index contributed by atoms with van der Waals surface area (Å²) in [5.41, 5.74) is 0.485. The molecule has 1 atom stereocenters. The highest BCUT2D eigenvalue weighted by Gasteiger charge is 2.36. The Morgan fingerprint density at radius 1 is 1.39 bits per heavy atom. The third-order valence-electron chi connectivity index (χ3n) is 3.65. The molecule has 1 aliphatic heterocycles. The van der Waals surface area contributed by atoms with Crippen LogP contribution in [-0.4, -0.2) is 38.8 Å². The molecule has 1 unspecified atom stereocenters. The fourth-order valence-corrected chi connectivity index (χ4v) is 1.97. The van der Waals surface area contributed by atoms with Crippen molar-refractivity contribution >= 4 is 29.9 Å². The summed E-state index contributed by atoms with van der Waals surface area (Å²) >= 11 is 0. The predicted octanol–water partition coefficient (Wildman–Crippen LogP) is 2.00. The molecule has 5 heteroatoms. The predicted molar refractivity (Wildman–Crippen MR) is 85.7 cm³/mol. The second kappa shape index (κ2) is 7.53. The summed E-state index contributed by atoms with van der Waals surface area (Å²) in [4.78, 5) is 4.66. The van der Waals surface area contributed by atoms with Gasteiger partial charge < -0.3 is 15.4 Å². The Bertz CT molecular complexity index is 273. The molecule has 2 rings (SSSR count). The molecule has 4 nitrogen and oxygen atoms in total. The lowest BCUT2D eigenvalue weighted by molar-refractivity contribution is 0.186. The smallest absolute Gasteiger partial charge is 0.191 e. The maximum atomic E-state index is 5.37. The average molecular weight is 367 g/mol. The molecular formula is C13H26IN3O. The maximum Gasteiger partial charge on any atom is 0.191 e. The van der Waals surface area contributed by atoms with E-state index in [0.717, 1.165) is 38.8 Å². The quantitative estimate of drug-likeness (QED) is 0.444. The number of rotatable bonds is 5. The van der Waals surface area contributed by atoms with Crippen LogP contribution in [0, 0.1) is 11.3 Å². The van der Waals surface area contributed by atoms with Gasteiger partial charge in [-0.25, -0.2) is 0 Å². The second-order valence-corrected chi connectivity index (χ2v) is 5.62. The standard InChI is InChI=1S/C13H25N3O.HI/c1-3-14-12(16-10-13(2)5-6-13)15-8-11-4-7-17-9-11;/h11H,3-10H2,1-2H3,(H2,14,15,16);1H. The second-order valence-electron chi connectivity index (χ2n) is 5.62. The molecule has 106 valence electrons. The Morgan fingerprint density at radius 2 is 2.17 bits per heavy atom. The van der Waals surface area contributed by atoms with Crippen molar-refractivity contribution in [3.8, 4) is 0 Å². The molecule has 1 heterocycles. The van der Waals surface area contributed by atoms with Crippen LogP contribution >= 0.6 is 24.0 Å². The fraction of sp³-hybridized carbons (Fsp3) is 0.923. The van der Waals surface area contributed by atoms with Gasteiger partial charge in [0.15, 0.2) is 5.96 Å². The first-order valence-corrected chi connectivity index (χ1v) is 6.82. The first-order valence-electron chi connectivity index (χ1n) is 6.82. The first kappa shape index (κ1) is 16.0. The van der Waals surface area contributed by atoms with E-state index in [0.29, 0.717) is 11.3 Å². The minimum atomic E-state index is 0. The van der Waals surface area contributed by atoms with Gasteiger partial charge in [0.05, 0.1) is 6.61 Å². The molecule has 2 N–H and O–H groups in total. The van der Waals surface area contributed by atoms with Crippen molar-refractivity contribution < 1.29 is 4.74 Å². The Hall–Kier alpha value is -0.0400. The molecule has 0 amide bonds. The van der Waals surface area contributed by atoms with Crippen molar-refractivity contribution in [2.75, 3.05) is 32.8 Å². The zero-order chi connectivity index (χ0) is 12.1. The summed E-state index contributed by atoms with van der Waals surface area (Å²) in [7, 11) is 0. The molecule has 0 bridgehead atoms. The number of aliphatic imine (C=N–C) groups is 1. The van der Waals surface area contributed by atoms with E-state index in [1.807, 2.05) is 0 Å². The number of halogens is 1. The lowest BCUT2D eigenvalue weighted by Crippen LogP contribution is -2.40. The van der Waals surface area contributed by atoms with Crippen LogP contribution in [0.3, 0.4) is 0 Å². The summed E-state index contributed by atoms with van der Waals surface area (Å²) in [5.74, 6) is 1.61. The molecule has 1 saturated heterocycles. The van der Waals surface area contributed by atoms with Gasteiger partial charge in [-0.15, -0.1) is 24.0 Å². The van der Waals surface area contributed by atoms with Crippen LogP contribution < -0.4 is 10.6 Å². The summed E-state index contributed by atoms with van der Waals surface area (Å²) in [6.07, 6.45) is 3.82. The van der Waals surface area contributed by atoms with Gasteiger partial charge in [-0.3, -0.25) is 4.99 Å². The van der Waals surface area contributed by atoms with Crippen LogP contribution in [0.15, 0.2) is 4.99 Å². The molecule has 1 saturated carbocycles. The lowest BCUT2D eigenvalue weighted by Gasteiger charge is -2.15. The largest absolute Gasteiger partial charge is 0.381 e. The summed E-state index contributed by atoms with van der Waals surface area (Å²) in [6, 6.07) is 0. The molecule has 1 aliphatic carbocycles. The van der Waals surface area contributed by atoms with E-state index < -0.39 is 0 Å². The van der Waals surface area contributed by atoms with Gasteiger partial charge in [-0.05, 0) is 31.6 Å². The lowest BCUT2D eigenvalue weighted by atomic mass is 10.1. The van der Waals surface area contributed by atoms with E-state index >= 15 is 0 Å². The Labute approximate surface area is 127 Å². The van der Waals surface area contributed by atoms with Gasteiger partial charge in [-0.2, -0.15) is 0 Å². The molecule has 0 aromatic rings. The number of nitrogens with one attached hydrogen (secondary N) is 2. The molecule has 0 aromatic heterocycles. The van der Waals surface area contributed by atoms with Gasteiger partial charge in [0, 0.05) is 32.2 Å². The number of nitrogens with zero attached hydrogens (tertiary/aromatic N) is 1. The minimum absolute atomic E-state index is 0. The number of hydrogen-bond acceptors (Lipinski definition) is 2. The molecule has 18 heavy (non-hydrogen) atoms. The Morgan fingerprint density at radius 3 is 2.72 bits per heavy atom. The average Bonchev–Trinajstić information content (AvgIpc) is 2.85. The summed E-state index contributed by atoms with van der Waals surface area (Å²) in [6.45, 7) is 9.07. The molecule has 0 aromatic carbocycles. The van der Waals surface area contributed by atoms with E-state index in [-0.39, 0.29) is 24.0 Å². The van der Waals surface area contributed by atoms with E-state index in [9.17, 15) is 0 Å². The zero-order valence-corrected chi connectivity index (χ0v) is 13.8. The van der Waals surface area contributed by atoms with Gasteiger partial charge in [0.25, 0.3) is 0 Å². The third-order valence-corrected chi connectivity index (χ3v) is 3.65. The zero-order valence-electron chi connectivity index (χ0n) is 11.5. The van der Waals surface area contributed by atoms with Crippen LogP contribution in [0.5, 0.6) is 0 Å². The number of guanidine groups is 1. The van der Waals surface area contributed by atoms with Crippen molar-refractivity contribution in [1.29, 1.82) is 0 Å². The number of ether oxygens (including phenoxy) is 1. The van der Waals surface area contributed by atoms with E-state index in [1.54, 1.807) is 0 Å². The highest BCUT2D eigenvalue weighted by molar-refractivity contribution is 14.0. The fourth-order valence-electron chi connectivity index (χ4n) is 1.97. The third kappa shape index (κ3) is 5.30. The highest BCUT2D eigenvalue weighted by atomic mass is 127. The van der Waals surface area contributed by atoms with Crippen molar-refractivity contribution in [2.45, 2.75) is 33.1 Å². The normalized spacial score (nSPS) is 25.4. The van der Waals surface area contributed by atoms with Crippen LogP contribution in [-0.2, 0) is 4.74 Å². The van der Waals surface area contributed by atoms with Gasteiger partial charge in [0.1, 0.15) is 0 Å². The number of hydrogen-bond donors (Lipinski definition) is 2. The highest BCUT2D eigenvalue weighted by Crippen LogP contribution is 2.44. The monoisotopic (exact) mass is 367 g/mol. The topological polar surface area (TPSA) is 45.7 Å². The van der Waals surface area contributed by atoms with Gasteiger partial charge in [-0.1, -0.05) is 6.92 Å². The minimum Gasteiger partial charge on any atom is -0.381 e. The Kier molecular flexibility index (Phi) is 6.70. The first-order chi connectivity index (χ1) is 8.22. The van der Waals surface area contributed by atoms with Crippen molar-refractivity contribution in [2.24, 2.45) is 16.3 Å². The maximum absolute atomic E-state index is 5.37. The summed E-state index contributed by atoms with van der Waals surface area (Å²) in [5, 5.41) is 6.73. The van der Waals surface area contributed by atoms with Gasteiger partial charge in [0.2, 0.25) is 0 Å². The van der Waals surface area contributed by atoms with Crippen molar-refractivity contribution in [3.63, 3.8) is 0 Å². The molecule has 2 aliphatic rings. The van der Waals surface area contributed by atoms with E-state index in [4.69, 9.17) is 4.74 Å². The van der Waals surface area contributed by atoms with Crippen molar-refractivity contribution in [3.05, 3.63) is 0 Å². The van der Waals surface area contributed by atoms with Gasteiger partial charge >= 0.3 is 0 Å². The molecule has 0 radical (unpaired) electrons. The Balaban J connectivity index is 0.00000162. The van der Waals surface area contributed by atoms with Crippen LogP contribution in [0.4, 0.5) is 0 Å². The molecular weight excluding hydrogens is 341 g/mol. The summed E-state index contributed by atoms with van der Waals surface area (Å²) < 4.78 is 5.37. The SMILES string of the molecule is CCNC(=NCC1(C)CC1)NCC1CCOC1.I. The van der Waals surface area contributed by atoms with Crippen LogP contribution in [0.1, 0.15) is 33.1 Å². The van der Waals surface area contributed by atoms with E-state index in [1.165, 1.54) is 19.3 Å². The van der Waals surface area contributed by atoms with Crippen LogP contribution in [0.25, 0.3) is 0 Å². The van der Waals surface area contributed by atoms with Crippen LogP contribution in [0.2, 0.25) is 0 Å².